The van der Waals surface area contributed by atoms with Crippen LogP contribution in [0.3, 0.4) is 0 Å². The molecule has 0 aliphatic heterocycles. The molecular weight excluding hydrogens is 454 g/mol. The van der Waals surface area contributed by atoms with E-state index >= 15 is 0 Å². The molecule has 4 aromatic heterocycles. The van der Waals surface area contributed by atoms with E-state index in [9.17, 15) is 0 Å². The van der Waals surface area contributed by atoms with Crippen LogP contribution in [0.4, 0.5) is 17.5 Å². The molecule has 0 fully saturated rings. The van der Waals surface area contributed by atoms with Crippen molar-refractivity contribution in [3.63, 3.8) is 0 Å². The third-order valence-electron chi connectivity index (χ3n) is 5.64. The van der Waals surface area contributed by atoms with Crippen molar-refractivity contribution in [1.29, 1.82) is 0 Å². The number of aryl methyl sites for hydroxylation is 1. The number of anilines is 3. The van der Waals surface area contributed by atoms with Gasteiger partial charge in [-0.15, -0.1) is 0 Å². The lowest BCUT2D eigenvalue weighted by atomic mass is 10.2. The third-order valence-corrected chi connectivity index (χ3v) is 5.64. The van der Waals surface area contributed by atoms with Gasteiger partial charge >= 0.3 is 0 Å². The van der Waals surface area contributed by atoms with E-state index in [4.69, 9.17) is 9.72 Å². The average Bonchev–Trinajstić information content (AvgIpc) is 3.33. The molecule has 1 aromatic carbocycles. The number of pyridine rings is 1. The molecule has 0 aliphatic carbocycles. The van der Waals surface area contributed by atoms with Gasteiger partial charge in [-0.2, -0.15) is 5.10 Å². The molecule has 5 aromatic rings. The second kappa shape index (κ2) is 10.1. The van der Waals surface area contributed by atoms with Crippen LogP contribution in [0.5, 0.6) is 11.5 Å². The molecule has 5 rings (SSSR count). The van der Waals surface area contributed by atoms with E-state index in [1.807, 2.05) is 43.5 Å². The zero-order chi connectivity index (χ0) is 25.1. The van der Waals surface area contributed by atoms with Gasteiger partial charge in [0.2, 0.25) is 5.95 Å². The SMILES string of the molecule is CCCN(CC(C)C)c1ncc2ncnc(Nc3ccc(Oc4ccn5ncnc5c4)c(C)c3)c2n1. The minimum absolute atomic E-state index is 0.502. The van der Waals surface area contributed by atoms with Gasteiger partial charge in [-0.1, -0.05) is 20.8 Å². The number of nitrogens with zero attached hydrogens (tertiary/aromatic N) is 8. The van der Waals surface area contributed by atoms with Crippen molar-refractivity contribution in [1.82, 2.24) is 34.5 Å². The van der Waals surface area contributed by atoms with Gasteiger partial charge in [0.15, 0.2) is 11.5 Å². The lowest BCUT2D eigenvalue weighted by Gasteiger charge is -2.24. The first-order chi connectivity index (χ1) is 17.5. The number of rotatable bonds is 9. The van der Waals surface area contributed by atoms with Crippen molar-refractivity contribution in [2.75, 3.05) is 23.3 Å². The van der Waals surface area contributed by atoms with Crippen LogP contribution in [0, 0.1) is 12.8 Å². The van der Waals surface area contributed by atoms with E-state index in [2.05, 4.69) is 56.0 Å². The summed E-state index contributed by atoms with van der Waals surface area (Å²) in [5.74, 6) is 3.28. The minimum atomic E-state index is 0.502. The van der Waals surface area contributed by atoms with Crippen LogP contribution in [-0.2, 0) is 0 Å². The van der Waals surface area contributed by atoms with Crippen LogP contribution in [0.2, 0.25) is 0 Å². The number of ether oxygens (including phenoxy) is 1. The van der Waals surface area contributed by atoms with Crippen molar-refractivity contribution >= 4 is 34.1 Å². The molecule has 10 nitrogen and oxygen atoms in total. The lowest BCUT2D eigenvalue weighted by molar-refractivity contribution is 0.478. The van der Waals surface area contributed by atoms with Gasteiger partial charge in [-0.3, -0.25) is 0 Å². The van der Waals surface area contributed by atoms with Crippen molar-refractivity contribution < 1.29 is 4.74 Å². The third kappa shape index (κ3) is 5.02. The van der Waals surface area contributed by atoms with E-state index < -0.39 is 0 Å². The standard InChI is InChI=1S/C26H29N9O/c1-5-9-34(14-17(2)3)26-27-13-21-24(33-26)25(30-15-28-21)32-19-6-7-22(18(4)11-19)36-20-8-10-35-23(12-20)29-16-31-35/h6-8,10-13,15-17H,5,9,14H2,1-4H3,(H,28,30,32). The van der Waals surface area contributed by atoms with E-state index in [1.54, 1.807) is 10.7 Å². The predicted molar refractivity (Wildman–Crippen MR) is 140 cm³/mol. The molecule has 0 saturated heterocycles. The lowest BCUT2D eigenvalue weighted by Crippen LogP contribution is -2.30. The van der Waals surface area contributed by atoms with E-state index in [0.717, 1.165) is 42.2 Å². The highest BCUT2D eigenvalue weighted by Gasteiger charge is 2.14. The van der Waals surface area contributed by atoms with Crippen molar-refractivity contribution in [2.45, 2.75) is 34.1 Å². The number of benzene rings is 1. The Balaban J connectivity index is 1.40. The number of hydrogen-bond donors (Lipinski definition) is 1. The second-order valence-corrected chi connectivity index (χ2v) is 9.10. The van der Waals surface area contributed by atoms with Crippen LogP contribution < -0.4 is 15.0 Å². The highest BCUT2D eigenvalue weighted by Crippen LogP contribution is 2.30. The molecule has 0 bridgehead atoms. The summed E-state index contributed by atoms with van der Waals surface area (Å²) in [5.41, 5.74) is 3.96. The molecule has 0 spiro atoms. The zero-order valence-corrected chi connectivity index (χ0v) is 20.9. The highest BCUT2D eigenvalue weighted by atomic mass is 16.5. The molecule has 36 heavy (non-hydrogen) atoms. The highest BCUT2D eigenvalue weighted by molar-refractivity contribution is 5.87. The molecule has 0 saturated carbocycles. The Hall–Kier alpha value is -4.34. The van der Waals surface area contributed by atoms with Crippen molar-refractivity contribution in [3.8, 4) is 11.5 Å². The molecule has 0 radical (unpaired) electrons. The van der Waals surface area contributed by atoms with E-state index in [1.165, 1.54) is 12.7 Å². The maximum absolute atomic E-state index is 6.10. The monoisotopic (exact) mass is 483 g/mol. The summed E-state index contributed by atoms with van der Waals surface area (Å²) in [6, 6.07) is 9.61. The topological polar surface area (TPSA) is 106 Å². The Bertz CT molecular complexity index is 1500. The maximum atomic E-state index is 6.10. The average molecular weight is 484 g/mol. The van der Waals surface area contributed by atoms with E-state index in [-0.39, 0.29) is 0 Å². The quantitative estimate of drug-likeness (QED) is 0.303. The van der Waals surface area contributed by atoms with Gasteiger partial charge in [0, 0.05) is 31.0 Å². The van der Waals surface area contributed by atoms with Gasteiger partial charge in [0.1, 0.15) is 35.2 Å². The van der Waals surface area contributed by atoms with Crippen LogP contribution in [0.15, 0.2) is 55.4 Å². The first kappa shape index (κ1) is 23.4. The van der Waals surface area contributed by atoms with Gasteiger partial charge in [-0.05, 0) is 49.1 Å². The summed E-state index contributed by atoms with van der Waals surface area (Å²) < 4.78 is 7.79. The molecule has 184 valence electrons. The summed E-state index contributed by atoms with van der Waals surface area (Å²) in [7, 11) is 0. The van der Waals surface area contributed by atoms with Crippen LogP contribution in [0.25, 0.3) is 16.7 Å². The predicted octanol–water partition coefficient (Wildman–Crippen LogP) is 5.18. The van der Waals surface area contributed by atoms with E-state index in [0.29, 0.717) is 34.5 Å². The molecule has 10 heteroatoms. The number of hydrogen-bond acceptors (Lipinski definition) is 9. The van der Waals surface area contributed by atoms with Crippen LogP contribution in [-0.4, -0.2) is 47.6 Å². The maximum Gasteiger partial charge on any atom is 0.226 e. The largest absolute Gasteiger partial charge is 0.457 e. The first-order valence-corrected chi connectivity index (χ1v) is 12.1. The molecule has 1 N–H and O–H groups in total. The zero-order valence-electron chi connectivity index (χ0n) is 20.9. The van der Waals surface area contributed by atoms with Gasteiger partial charge in [0.05, 0.1) is 6.20 Å². The van der Waals surface area contributed by atoms with Gasteiger partial charge in [0.25, 0.3) is 0 Å². The molecule has 0 aliphatic rings. The second-order valence-electron chi connectivity index (χ2n) is 9.10. The molecule has 0 amide bonds. The minimum Gasteiger partial charge on any atom is -0.457 e. The summed E-state index contributed by atoms with van der Waals surface area (Å²) in [6.07, 6.45) is 7.65. The molecule has 0 atom stereocenters. The van der Waals surface area contributed by atoms with Crippen LogP contribution in [0.1, 0.15) is 32.8 Å². The fourth-order valence-corrected chi connectivity index (χ4v) is 4.04. The summed E-state index contributed by atoms with van der Waals surface area (Å²) in [5, 5.41) is 7.52. The first-order valence-electron chi connectivity index (χ1n) is 12.1. The Morgan fingerprint density at radius 2 is 1.94 bits per heavy atom. The summed E-state index contributed by atoms with van der Waals surface area (Å²) in [4.78, 5) is 24.7. The fraction of sp³-hybridized carbons (Fsp3) is 0.308. The Labute approximate surface area is 209 Å². The number of fused-ring (bicyclic) bond motifs is 2. The van der Waals surface area contributed by atoms with Crippen molar-refractivity contribution in [3.05, 3.63) is 60.9 Å². The van der Waals surface area contributed by atoms with Crippen LogP contribution >= 0.6 is 0 Å². The number of aromatic nitrogens is 7. The van der Waals surface area contributed by atoms with Crippen molar-refractivity contribution in [2.24, 2.45) is 5.92 Å². The normalized spacial score (nSPS) is 11.4. The number of nitrogens with one attached hydrogen (secondary N) is 1. The molecule has 4 heterocycles. The Morgan fingerprint density at radius 1 is 1.06 bits per heavy atom. The smallest absolute Gasteiger partial charge is 0.226 e. The fourth-order valence-electron chi connectivity index (χ4n) is 4.04. The van der Waals surface area contributed by atoms with Gasteiger partial charge < -0.3 is 15.0 Å². The molecule has 0 unspecified atom stereocenters. The Morgan fingerprint density at radius 3 is 2.75 bits per heavy atom. The molecular formula is C26H29N9O. The van der Waals surface area contributed by atoms with Gasteiger partial charge in [-0.25, -0.2) is 29.4 Å². The Kier molecular flexibility index (Phi) is 6.57. The summed E-state index contributed by atoms with van der Waals surface area (Å²) in [6.45, 7) is 10.3. The summed E-state index contributed by atoms with van der Waals surface area (Å²) >= 11 is 0.